The third kappa shape index (κ3) is 8.24. The van der Waals surface area contributed by atoms with E-state index in [0.29, 0.717) is 13.0 Å². The summed E-state index contributed by atoms with van der Waals surface area (Å²) < 4.78 is 24.5. The summed E-state index contributed by atoms with van der Waals surface area (Å²) in [5.41, 5.74) is 0.849. The lowest BCUT2D eigenvalue weighted by atomic mass is 10.00. The highest BCUT2D eigenvalue weighted by molar-refractivity contribution is 14.0. The first kappa shape index (κ1) is 23.2. The Bertz CT molecular complexity index is 642. The number of piperidine rings is 1. The van der Waals surface area contributed by atoms with Crippen molar-refractivity contribution in [2.75, 3.05) is 31.9 Å². The molecule has 148 valence electrons. The summed E-state index contributed by atoms with van der Waals surface area (Å²) in [5.74, 6) is 2.00. The van der Waals surface area contributed by atoms with Crippen molar-refractivity contribution >= 4 is 39.8 Å². The molecule has 1 heterocycles. The Hall–Kier alpha value is -0.830. The third-order valence-corrected chi connectivity index (χ3v) is 6.21. The standard InChI is InChI=1S/C19H31N3O2S.HI/c1-3-20-19(22-13-10-17(2)11-14-22)21-12-7-15-25(23,24)16-18-8-5-4-6-9-18;/h4-6,8-9,17H,3,7,10-16H2,1-2H3,(H,20,21);1H. The van der Waals surface area contributed by atoms with Gasteiger partial charge in [-0.05, 0) is 37.7 Å². The molecular formula is C19H32IN3O2S. The second-order valence-corrected chi connectivity index (χ2v) is 9.02. The van der Waals surface area contributed by atoms with Crippen LogP contribution in [0.5, 0.6) is 0 Å². The van der Waals surface area contributed by atoms with Crippen LogP contribution in [0.25, 0.3) is 0 Å². The van der Waals surface area contributed by atoms with Crippen molar-refractivity contribution in [3.05, 3.63) is 35.9 Å². The van der Waals surface area contributed by atoms with Crippen molar-refractivity contribution < 1.29 is 8.42 Å². The lowest BCUT2D eigenvalue weighted by Gasteiger charge is -2.33. The molecule has 1 aromatic rings. The number of likely N-dealkylation sites (tertiary alicyclic amines) is 1. The molecule has 0 radical (unpaired) electrons. The molecular weight excluding hydrogens is 461 g/mol. The monoisotopic (exact) mass is 493 g/mol. The number of sulfone groups is 1. The summed E-state index contributed by atoms with van der Waals surface area (Å²) in [5, 5.41) is 3.33. The van der Waals surface area contributed by atoms with E-state index in [1.807, 2.05) is 30.3 Å². The molecule has 0 aliphatic carbocycles. The highest BCUT2D eigenvalue weighted by atomic mass is 127. The molecule has 26 heavy (non-hydrogen) atoms. The first-order valence-electron chi connectivity index (χ1n) is 9.28. The van der Waals surface area contributed by atoms with Gasteiger partial charge in [-0.15, -0.1) is 24.0 Å². The van der Waals surface area contributed by atoms with E-state index in [1.54, 1.807) is 0 Å². The molecule has 7 heteroatoms. The summed E-state index contributed by atoms with van der Waals surface area (Å²) in [7, 11) is -3.08. The quantitative estimate of drug-likeness (QED) is 0.274. The first-order chi connectivity index (χ1) is 12.0. The van der Waals surface area contributed by atoms with Crippen molar-refractivity contribution in [3.63, 3.8) is 0 Å². The predicted octanol–water partition coefficient (Wildman–Crippen LogP) is 3.31. The fraction of sp³-hybridized carbons (Fsp3) is 0.632. The van der Waals surface area contributed by atoms with Gasteiger partial charge in [-0.25, -0.2) is 8.42 Å². The second-order valence-electron chi connectivity index (χ2n) is 6.84. The van der Waals surface area contributed by atoms with Crippen molar-refractivity contribution in [3.8, 4) is 0 Å². The van der Waals surface area contributed by atoms with Crippen molar-refractivity contribution in [2.24, 2.45) is 10.9 Å². The zero-order valence-corrected chi connectivity index (χ0v) is 19.0. The van der Waals surface area contributed by atoms with Crippen molar-refractivity contribution in [1.82, 2.24) is 10.2 Å². The van der Waals surface area contributed by atoms with E-state index in [9.17, 15) is 8.42 Å². The van der Waals surface area contributed by atoms with E-state index in [0.717, 1.165) is 37.1 Å². The van der Waals surface area contributed by atoms with Crippen molar-refractivity contribution in [1.29, 1.82) is 0 Å². The molecule has 0 atom stereocenters. The normalized spacial score (nSPS) is 16.2. The van der Waals surface area contributed by atoms with Crippen LogP contribution in [0, 0.1) is 5.92 Å². The van der Waals surface area contributed by atoms with Gasteiger partial charge in [0.1, 0.15) is 0 Å². The average molecular weight is 493 g/mol. The lowest BCUT2D eigenvalue weighted by molar-refractivity contribution is 0.273. The molecule has 1 aliphatic rings. The van der Waals surface area contributed by atoms with Gasteiger partial charge in [0.2, 0.25) is 0 Å². The smallest absolute Gasteiger partial charge is 0.193 e. The maximum Gasteiger partial charge on any atom is 0.193 e. The van der Waals surface area contributed by atoms with E-state index in [4.69, 9.17) is 0 Å². The Labute approximate surface area is 175 Å². The molecule has 0 aromatic heterocycles. The van der Waals surface area contributed by atoms with Gasteiger partial charge in [0, 0.05) is 26.2 Å². The highest BCUT2D eigenvalue weighted by Crippen LogP contribution is 2.16. The minimum absolute atomic E-state index is 0. The predicted molar refractivity (Wildman–Crippen MR) is 120 cm³/mol. The summed E-state index contributed by atoms with van der Waals surface area (Å²) in [6.07, 6.45) is 2.94. The van der Waals surface area contributed by atoms with Gasteiger partial charge in [-0.1, -0.05) is 37.3 Å². The van der Waals surface area contributed by atoms with E-state index in [-0.39, 0.29) is 35.5 Å². The van der Waals surface area contributed by atoms with Crippen LogP contribution in [0.4, 0.5) is 0 Å². The molecule has 1 saturated heterocycles. The summed E-state index contributed by atoms with van der Waals surface area (Å²) >= 11 is 0. The fourth-order valence-electron chi connectivity index (χ4n) is 3.02. The lowest BCUT2D eigenvalue weighted by Crippen LogP contribution is -2.45. The summed E-state index contributed by atoms with van der Waals surface area (Å²) in [6.45, 7) is 7.78. The van der Waals surface area contributed by atoms with Gasteiger partial charge in [-0.3, -0.25) is 4.99 Å². The van der Waals surface area contributed by atoms with Crippen LogP contribution in [-0.4, -0.2) is 51.2 Å². The number of hydrogen-bond acceptors (Lipinski definition) is 3. The number of guanidine groups is 1. The molecule has 0 spiro atoms. The van der Waals surface area contributed by atoms with E-state index < -0.39 is 9.84 Å². The summed E-state index contributed by atoms with van der Waals surface area (Å²) in [6, 6.07) is 9.36. The maximum atomic E-state index is 12.2. The Morgan fingerprint density at radius 1 is 1.23 bits per heavy atom. The van der Waals surface area contributed by atoms with Gasteiger partial charge in [0.25, 0.3) is 0 Å². The molecule has 0 bridgehead atoms. The molecule has 5 nitrogen and oxygen atoms in total. The molecule has 1 N–H and O–H groups in total. The van der Waals surface area contributed by atoms with Gasteiger partial charge < -0.3 is 10.2 Å². The zero-order valence-electron chi connectivity index (χ0n) is 15.9. The zero-order chi connectivity index (χ0) is 18.1. The van der Waals surface area contributed by atoms with E-state index in [1.165, 1.54) is 12.8 Å². The van der Waals surface area contributed by atoms with E-state index in [2.05, 4.69) is 29.1 Å². The van der Waals surface area contributed by atoms with Crippen LogP contribution in [0.15, 0.2) is 35.3 Å². The molecule has 1 aromatic carbocycles. The third-order valence-electron chi connectivity index (χ3n) is 4.52. The Morgan fingerprint density at radius 2 is 1.88 bits per heavy atom. The van der Waals surface area contributed by atoms with Crippen LogP contribution >= 0.6 is 24.0 Å². The molecule has 2 rings (SSSR count). The summed E-state index contributed by atoms with van der Waals surface area (Å²) in [4.78, 5) is 6.93. The Morgan fingerprint density at radius 3 is 2.50 bits per heavy atom. The van der Waals surface area contributed by atoms with Crippen LogP contribution in [0.1, 0.15) is 38.7 Å². The number of nitrogens with one attached hydrogen (secondary N) is 1. The number of aliphatic imine (C=N–C) groups is 1. The number of rotatable bonds is 7. The molecule has 0 unspecified atom stereocenters. The minimum atomic E-state index is -3.08. The van der Waals surface area contributed by atoms with Gasteiger partial charge in [0.05, 0.1) is 11.5 Å². The maximum absolute atomic E-state index is 12.2. The van der Waals surface area contributed by atoms with Gasteiger partial charge in [-0.2, -0.15) is 0 Å². The molecule has 1 fully saturated rings. The average Bonchev–Trinajstić information content (AvgIpc) is 2.59. The van der Waals surface area contributed by atoms with Crippen LogP contribution in [-0.2, 0) is 15.6 Å². The number of nitrogens with zero attached hydrogens (tertiary/aromatic N) is 2. The topological polar surface area (TPSA) is 61.8 Å². The van der Waals surface area contributed by atoms with Crippen LogP contribution in [0.2, 0.25) is 0 Å². The largest absolute Gasteiger partial charge is 0.357 e. The SMILES string of the molecule is CCNC(=NCCCS(=O)(=O)Cc1ccccc1)N1CCC(C)CC1.I. The van der Waals surface area contributed by atoms with Crippen molar-refractivity contribution in [2.45, 2.75) is 38.9 Å². The number of halogens is 1. The Kier molecular flexibility index (Phi) is 10.5. The van der Waals surface area contributed by atoms with E-state index >= 15 is 0 Å². The van der Waals surface area contributed by atoms with Gasteiger partial charge >= 0.3 is 0 Å². The molecule has 1 aliphatic heterocycles. The van der Waals surface area contributed by atoms with Gasteiger partial charge in [0.15, 0.2) is 15.8 Å². The number of benzene rings is 1. The van der Waals surface area contributed by atoms with Crippen LogP contribution < -0.4 is 5.32 Å². The molecule has 0 amide bonds. The van der Waals surface area contributed by atoms with Crippen LogP contribution in [0.3, 0.4) is 0 Å². The second kappa shape index (κ2) is 11.8. The Balaban J connectivity index is 0.00000338. The fourth-order valence-corrected chi connectivity index (χ4v) is 4.43. The number of hydrogen-bond donors (Lipinski definition) is 1. The molecule has 0 saturated carbocycles. The first-order valence-corrected chi connectivity index (χ1v) is 11.1. The minimum Gasteiger partial charge on any atom is -0.357 e. The highest BCUT2D eigenvalue weighted by Gasteiger charge is 2.18.